The average molecular weight is 396 g/mol. The van der Waals surface area contributed by atoms with E-state index >= 15 is 0 Å². The van der Waals surface area contributed by atoms with E-state index in [-0.39, 0.29) is 63.3 Å². The number of Topliss-reactive ketones (excluding diaryl/α,β-unsaturated/α-hetero) is 1. The molecule has 0 radical (unpaired) electrons. The SMILES string of the molecule is COc1cccc2c1C(=O)c1c(N)c3c(c(N)c1C2=O)C[C@@](O)(C(C)=O)C[C@@H]3O. The molecule has 2 aliphatic rings. The smallest absolute Gasteiger partial charge is 0.200 e. The fraction of sp³-hybridized carbons (Fsp3) is 0.286. The van der Waals surface area contributed by atoms with E-state index in [1.54, 1.807) is 12.1 Å². The van der Waals surface area contributed by atoms with Crippen LogP contribution in [0.2, 0.25) is 0 Å². The Hall–Kier alpha value is -3.23. The fourth-order valence-corrected chi connectivity index (χ4v) is 4.34. The minimum absolute atomic E-state index is 0.0607. The van der Waals surface area contributed by atoms with Gasteiger partial charge >= 0.3 is 0 Å². The zero-order chi connectivity index (χ0) is 21.2. The third kappa shape index (κ3) is 2.43. The predicted octanol–water partition coefficient (Wildman–Crippen LogP) is 0.935. The summed E-state index contributed by atoms with van der Waals surface area (Å²) in [6, 6.07) is 4.65. The molecule has 2 aromatic rings. The van der Waals surface area contributed by atoms with Gasteiger partial charge in [-0.3, -0.25) is 14.4 Å². The van der Waals surface area contributed by atoms with Gasteiger partial charge in [-0.15, -0.1) is 0 Å². The summed E-state index contributed by atoms with van der Waals surface area (Å²) < 4.78 is 5.24. The molecule has 4 rings (SSSR count). The lowest BCUT2D eigenvalue weighted by Gasteiger charge is -2.37. The number of rotatable bonds is 2. The number of nitrogens with two attached hydrogens (primary N) is 2. The van der Waals surface area contributed by atoms with Gasteiger partial charge < -0.3 is 26.4 Å². The fourth-order valence-electron chi connectivity index (χ4n) is 4.34. The molecule has 0 aliphatic heterocycles. The molecule has 0 bridgehead atoms. The lowest BCUT2D eigenvalue weighted by atomic mass is 9.71. The second-order valence-electron chi connectivity index (χ2n) is 7.50. The highest BCUT2D eigenvalue weighted by Crippen LogP contribution is 2.48. The van der Waals surface area contributed by atoms with Crippen LogP contribution in [0.25, 0.3) is 0 Å². The zero-order valence-electron chi connectivity index (χ0n) is 15.9. The van der Waals surface area contributed by atoms with Crippen molar-refractivity contribution in [1.82, 2.24) is 0 Å². The Morgan fingerprint density at radius 3 is 2.41 bits per heavy atom. The highest BCUT2D eigenvalue weighted by atomic mass is 16.5. The number of fused-ring (bicyclic) bond motifs is 3. The van der Waals surface area contributed by atoms with E-state index in [2.05, 4.69) is 0 Å². The van der Waals surface area contributed by atoms with Crippen LogP contribution < -0.4 is 16.2 Å². The number of aliphatic hydroxyl groups excluding tert-OH is 1. The van der Waals surface area contributed by atoms with Crippen molar-refractivity contribution in [2.24, 2.45) is 0 Å². The molecule has 2 aromatic carbocycles. The summed E-state index contributed by atoms with van der Waals surface area (Å²) in [4.78, 5) is 38.4. The van der Waals surface area contributed by atoms with E-state index in [0.717, 1.165) is 0 Å². The molecule has 0 heterocycles. The number of hydrogen-bond acceptors (Lipinski definition) is 8. The quantitative estimate of drug-likeness (QED) is 0.369. The molecule has 6 N–H and O–H groups in total. The molecule has 2 atom stereocenters. The minimum atomic E-state index is -1.83. The number of nitrogen functional groups attached to an aromatic ring is 2. The van der Waals surface area contributed by atoms with E-state index in [9.17, 15) is 24.6 Å². The third-order valence-corrected chi connectivity index (χ3v) is 5.89. The summed E-state index contributed by atoms with van der Waals surface area (Å²) in [6.45, 7) is 1.22. The van der Waals surface area contributed by atoms with Crippen molar-refractivity contribution in [2.75, 3.05) is 18.6 Å². The van der Waals surface area contributed by atoms with Crippen molar-refractivity contribution >= 4 is 28.7 Å². The summed E-state index contributed by atoms with van der Waals surface area (Å²) in [7, 11) is 1.39. The summed E-state index contributed by atoms with van der Waals surface area (Å²) in [6.07, 6.45) is -1.80. The van der Waals surface area contributed by atoms with Gasteiger partial charge in [0.2, 0.25) is 0 Å². The van der Waals surface area contributed by atoms with Gasteiger partial charge in [-0.2, -0.15) is 0 Å². The van der Waals surface area contributed by atoms with Crippen molar-refractivity contribution in [2.45, 2.75) is 31.5 Å². The molecule has 150 valence electrons. The first-order chi connectivity index (χ1) is 13.6. The Morgan fingerprint density at radius 1 is 1.14 bits per heavy atom. The Balaban J connectivity index is 2.04. The number of ketones is 3. The number of carbonyl (C=O) groups excluding carboxylic acids is 3. The maximum Gasteiger partial charge on any atom is 0.200 e. The highest BCUT2D eigenvalue weighted by Gasteiger charge is 2.46. The molecule has 0 saturated heterocycles. The van der Waals surface area contributed by atoms with Crippen LogP contribution in [-0.4, -0.2) is 40.3 Å². The van der Waals surface area contributed by atoms with E-state index in [1.165, 1.54) is 20.1 Å². The van der Waals surface area contributed by atoms with Gasteiger partial charge in [-0.1, -0.05) is 12.1 Å². The van der Waals surface area contributed by atoms with Crippen LogP contribution in [0, 0.1) is 0 Å². The first-order valence-electron chi connectivity index (χ1n) is 9.04. The number of benzene rings is 2. The van der Waals surface area contributed by atoms with E-state index in [4.69, 9.17) is 16.2 Å². The second-order valence-corrected chi connectivity index (χ2v) is 7.50. The number of ether oxygens (including phenoxy) is 1. The predicted molar refractivity (Wildman–Crippen MR) is 104 cm³/mol. The molecule has 0 aromatic heterocycles. The van der Waals surface area contributed by atoms with E-state index in [1.807, 2.05) is 0 Å². The van der Waals surface area contributed by atoms with Gasteiger partial charge in [0.15, 0.2) is 17.3 Å². The Labute approximate surface area is 166 Å². The molecule has 0 unspecified atom stereocenters. The first kappa shape index (κ1) is 19.1. The molecule has 0 fully saturated rings. The van der Waals surface area contributed by atoms with Crippen LogP contribution in [0.1, 0.15) is 62.4 Å². The van der Waals surface area contributed by atoms with Crippen molar-refractivity contribution in [1.29, 1.82) is 0 Å². The lowest BCUT2D eigenvalue weighted by molar-refractivity contribution is -0.139. The summed E-state index contributed by atoms with van der Waals surface area (Å²) in [5.74, 6) is -1.34. The second kappa shape index (κ2) is 6.13. The molecule has 8 nitrogen and oxygen atoms in total. The van der Waals surface area contributed by atoms with E-state index in [0.29, 0.717) is 0 Å². The van der Waals surface area contributed by atoms with Gasteiger partial charge in [0, 0.05) is 35.3 Å². The van der Waals surface area contributed by atoms with Gasteiger partial charge in [0.1, 0.15) is 11.4 Å². The molecule has 0 amide bonds. The van der Waals surface area contributed by atoms with Gasteiger partial charge in [0.05, 0.1) is 29.9 Å². The highest BCUT2D eigenvalue weighted by molar-refractivity contribution is 6.33. The Kier molecular flexibility index (Phi) is 4.04. The van der Waals surface area contributed by atoms with Gasteiger partial charge in [-0.05, 0) is 18.6 Å². The Bertz CT molecular complexity index is 1120. The molecule has 2 aliphatic carbocycles. The van der Waals surface area contributed by atoms with Crippen LogP contribution >= 0.6 is 0 Å². The maximum absolute atomic E-state index is 13.3. The standard InChI is InChI=1S/C21H20N2O6/c1-8(24)21(28)6-10-13(11(25)7-21)18(23)16-15(17(10)22)19(26)9-4-3-5-12(29-2)14(9)20(16)27/h3-5,11,25,28H,6-7,22-23H2,1-2H3/t11-,21-/m0/s1. The Morgan fingerprint density at radius 2 is 1.79 bits per heavy atom. The normalized spacial score (nSPS) is 22.6. The maximum atomic E-state index is 13.3. The third-order valence-electron chi connectivity index (χ3n) is 5.89. The molecule has 29 heavy (non-hydrogen) atoms. The van der Waals surface area contributed by atoms with Gasteiger partial charge in [-0.25, -0.2) is 0 Å². The number of hydrogen-bond donors (Lipinski definition) is 4. The molecular formula is C21H20N2O6. The summed E-state index contributed by atoms with van der Waals surface area (Å²) >= 11 is 0. The van der Waals surface area contributed by atoms with Crippen LogP contribution in [-0.2, 0) is 11.2 Å². The monoisotopic (exact) mass is 396 g/mol. The minimum Gasteiger partial charge on any atom is -0.496 e. The summed E-state index contributed by atoms with van der Waals surface area (Å²) in [5, 5.41) is 21.3. The molecule has 0 saturated carbocycles. The summed E-state index contributed by atoms with van der Waals surface area (Å²) in [5.41, 5.74) is 11.0. The zero-order valence-corrected chi connectivity index (χ0v) is 15.9. The molecule has 8 heteroatoms. The van der Waals surface area contributed by atoms with Crippen LogP contribution in [0.5, 0.6) is 5.75 Å². The average Bonchev–Trinajstić information content (AvgIpc) is 2.67. The van der Waals surface area contributed by atoms with Crippen LogP contribution in [0.3, 0.4) is 0 Å². The van der Waals surface area contributed by atoms with Gasteiger partial charge in [0.25, 0.3) is 0 Å². The van der Waals surface area contributed by atoms with Crippen molar-refractivity contribution in [3.63, 3.8) is 0 Å². The topological polar surface area (TPSA) is 153 Å². The van der Waals surface area contributed by atoms with Crippen molar-refractivity contribution < 1.29 is 29.3 Å². The van der Waals surface area contributed by atoms with Crippen molar-refractivity contribution in [3.05, 3.63) is 51.6 Å². The van der Waals surface area contributed by atoms with Crippen LogP contribution in [0.4, 0.5) is 11.4 Å². The molecule has 0 spiro atoms. The van der Waals surface area contributed by atoms with E-state index < -0.39 is 29.1 Å². The number of carbonyl (C=O) groups is 3. The largest absolute Gasteiger partial charge is 0.496 e. The number of methoxy groups -OCH3 is 1. The molecular weight excluding hydrogens is 376 g/mol. The first-order valence-corrected chi connectivity index (χ1v) is 9.04. The van der Waals surface area contributed by atoms with Crippen molar-refractivity contribution in [3.8, 4) is 5.75 Å². The number of anilines is 2. The van der Waals surface area contributed by atoms with Crippen LogP contribution in [0.15, 0.2) is 18.2 Å². The number of aliphatic hydroxyl groups is 2. The lowest BCUT2D eigenvalue weighted by Crippen LogP contribution is -2.45.